The van der Waals surface area contributed by atoms with Crippen LogP contribution in [-0.4, -0.2) is 12.5 Å². The highest BCUT2D eigenvalue weighted by Crippen LogP contribution is 2.20. The largest absolute Gasteiger partial charge is 0.352 e. The molecule has 0 aliphatic heterocycles. The number of thiophene rings is 1. The number of halogens is 1. The molecular formula is C11H16BrNOS. The average molecular weight is 290 g/mol. The zero-order valence-corrected chi connectivity index (χ0v) is 11.6. The summed E-state index contributed by atoms with van der Waals surface area (Å²) in [6, 6.07) is 1.85. The summed E-state index contributed by atoms with van der Waals surface area (Å²) in [5.74, 6) is 1.12. The zero-order valence-electron chi connectivity index (χ0n) is 9.21. The van der Waals surface area contributed by atoms with Gasteiger partial charge in [-0.05, 0) is 33.8 Å². The van der Waals surface area contributed by atoms with Crippen LogP contribution >= 0.6 is 27.3 Å². The number of carbonyl (C=O) groups is 1. The van der Waals surface area contributed by atoms with Crippen molar-refractivity contribution < 1.29 is 4.79 Å². The Morgan fingerprint density at radius 1 is 1.53 bits per heavy atom. The van der Waals surface area contributed by atoms with Gasteiger partial charge in [-0.15, -0.1) is 11.3 Å². The molecule has 0 aromatic carbocycles. The third-order valence-electron chi connectivity index (χ3n) is 2.55. The number of hydrogen-bond acceptors (Lipinski definition) is 2. The fraction of sp³-hybridized carbons (Fsp3) is 0.545. The van der Waals surface area contributed by atoms with Crippen LogP contribution in [0.5, 0.6) is 0 Å². The molecule has 1 aromatic rings. The van der Waals surface area contributed by atoms with E-state index in [1.54, 1.807) is 0 Å². The lowest BCUT2D eigenvalue weighted by Gasteiger charge is -2.15. The lowest BCUT2D eigenvalue weighted by molar-refractivity contribution is 0.0945. The van der Waals surface area contributed by atoms with Gasteiger partial charge in [0.1, 0.15) is 0 Å². The summed E-state index contributed by atoms with van der Waals surface area (Å²) in [5, 5.41) is 4.80. The van der Waals surface area contributed by atoms with Gasteiger partial charge in [-0.1, -0.05) is 20.8 Å². The summed E-state index contributed by atoms with van der Waals surface area (Å²) < 4.78 is 0.990. The minimum Gasteiger partial charge on any atom is -0.352 e. The third kappa shape index (κ3) is 3.95. The third-order valence-corrected chi connectivity index (χ3v) is 4.06. The van der Waals surface area contributed by atoms with Crippen LogP contribution in [0.3, 0.4) is 0 Å². The highest BCUT2D eigenvalue weighted by Gasteiger charge is 2.11. The van der Waals surface area contributed by atoms with E-state index in [1.165, 1.54) is 11.3 Å². The van der Waals surface area contributed by atoms with Gasteiger partial charge in [-0.25, -0.2) is 0 Å². The number of nitrogens with one attached hydrogen (secondary N) is 1. The van der Waals surface area contributed by atoms with Crippen molar-refractivity contribution in [1.82, 2.24) is 5.32 Å². The Labute approximate surface area is 103 Å². The fourth-order valence-corrected chi connectivity index (χ4v) is 2.16. The Morgan fingerprint density at radius 3 is 2.67 bits per heavy atom. The van der Waals surface area contributed by atoms with Crippen molar-refractivity contribution in [3.63, 3.8) is 0 Å². The standard InChI is InChI=1S/C11H16BrNOS/c1-7(2)8(3)5-13-11(14)9-4-10(12)15-6-9/h4,6-8H,5H2,1-3H3,(H,13,14). The van der Waals surface area contributed by atoms with Crippen molar-refractivity contribution in [1.29, 1.82) is 0 Å². The first-order chi connectivity index (χ1) is 7.00. The summed E-state index contributed by atoms with van der Waals surface area (Å²) >= 11 is 4.87. The quantitative estimate of drug-likeness (QED) is 0.903. The molecule has 2 nitrogen and oxygen atoms in total. The molecule has 1 rings (SSSR count). The highest BCUT2D eigenvalue weighted by atomic mass is 79.9. The van der Waals surface area contributed by atoms with E-state index in [2.05, 4.69) is 42.0 Å². The number of amides is 1. The van der Waals surface area contributed by atoms with Gasteiger partial charge in [-0.2, -0.15) is 0 Å². The molecule has 1 aromatic heterocycles. The van der Waals surface area contributed by atoms with Gasteiger partial charge in [0.15, 0.2) is 0 Å². The van der Waals surface area contributed by atoms with Gasteiger partial charge in [-0.3, -0.25) is 4.79 Å². The van der Waals surface area contributed by atoms with Crippen LogP contribution < -0.4 is 5.32 Å². The van der Waals surface area contributed by atoms with E-state index in [0.717, 1.165) is 15.9 Å². The Hall–Kier alpha value is -0.350. The first-order valence-electron chi connectivity index (χ1n) is 5.03. The zero-order chi connectivity index (χ0) is 11.4. The van der Waals surface area contributed by atoms with Gasteiger partial charge in [0.2, 0.25) is 0 Å². The second kappa shape index (κ2) is 5.66. The van der Waals surface area contributed by atoms with Crippen LogP contribution in [0.25, 0.3) is 0 Å². The smallest absolute Gasteiger partial charge is 0.252 e. The minimum absolute atomic E-state index is 0.0180. The van der Waals surface area contributed by atoms with Crippen LogP contribution in [0.2, 0.25) is 0 Å². The number of hydrogen-bond donors (Lipinski definition) is 1. The van der Waals surface area contributed by atoms with Crippen molar-refractivity contribution in [2.75, 3.05) is 6.54 Å². The summed E-state index contributed by atoms with van der Waals surface area (Å²) in [6.07, 6.45) is 0. The molecule has 0 bridgehead atoms. The lowest BCUT2D eigenvalue weighted by atomic mass is 9.98. The summed E-state index contributed by atoms with van der Waals surface area (Å²) in [4.78, 5) is 11.7. The van der Waals surface area contributed by atoms with Crippen molar-refractivity contribution in [2.24, 2.45) is 11.8 Å². The molecule has 0 saturated heterocycles. The minimum atomic E-state index is 0.0180. The number of rotatable bonds is 4. The molecule has 0 saturated carbocycles. The van der Waals surface area contributed by atoms with Crippen LogP contribution in [0.4, 0.5) is 0 Å². The molecule has 1 N–H and O–H groups in total. The predicted octanol–water partition coefficient (Wildman–Crippen LogP) is 3.53. The van der Waals surface area contributed by atoms with Crippen LogP contribution in [0.1, 0.15) is 31.1 Å². The maximum Gasteiger partial charge on any atom is 0.252 e. The molecule has 0 radical (unpaired) electrons. The summed E-state index contributed by atoms with van der Waals surface area (Å²) in [6.45, 7) is 7.22. The second-order valence-corrected chi connectivity index (χ2v) is 6.36. The monoisotopic (exact) mass is 289 g/mol. The Morgan fingerprint density at radius 2 is 2.20 bits per heavy atom. The molecule has 1 heterocycles. The maximum absolute atomic E-state index is 11.7. The lowest BCUT2D eigenvalue weighted by Crippen LogP contribution is -2.29. The molecule has 15 heavy (non-hydrogen) atoms. The van der Waals surface area contributed by atoms with Crippen LogP contribution in [-0.2, 0) is 0 Å². The average Bonchev–Trinajstić information content (AvgIpc) is 2.60. The van der Waals surface area contributed by atoms with Gasteiger partial charge in [0.05, 0.1) is 9.35 Å². The van der Waals surface area contributed by atoms with E-state index >= 15 is 0 Å². The molecule has 1 unspecified atom stereocenters. The van der Waals surface area contributed by atoms with Gasteiger partial charge >= 0.3 is 0 Å². The van der Waals surface area contributed by atoms with E-state index in [4.69, 9.17) is 0 Å². The van der Waals surface area contributed by atoms with Crippen molar-refractivity contribution in [3.8, 4) is 0 Å². The summed E-state index contributed by atoms with van der Waals surface area (Å²) in [7, 11) is 0. The fourth-order valence-electron chi connectivity index (χ4n) is 1.02. The van der Waals surface area contributed by atoms with Gasteiger partial charge in [0.25, 0.3) is 5.91 Å². The van der Waals surface area contributed by atoms with Crippen LogP contribution in [0, 0.1) is 11.8 Å². The first kappa shape index (κ1) is 12.7. The van der Waals surface area contributed by atoms with Crippen LogP contribution in [0.15, 0.2) is 15.2 Å². The summed E-state index contributed by atoms with van der Waals surface area (Å²) in [5.41, 5.74) is 0.739. The molecule has 1 amide bonds. The molecule has 0 aliphatic carbocycles. The highest BCUT2D eigenvalue weighted by molar-refractivity contribution is 9.11. The van der Waals surface area contributed by atoms with E-state index in [1.807, 2.05) is 11.4 Å². The molecule has 4 heteroatoms. The van der Waals surface area contributed by atoms with E-state index in [0.29, 0.717) is 11.8 Å². The van der Waals surface area contributed by atoms with E-state index < -0.39 is 0 Å². The first-order valence-corrected chi connectivity index (χ1v) is 6.70. The predicted molar refractivity (Wildman–Crippen MR) is 68.4 cm³/mol. The van der Waals surface area contributed by atoms with Crippen molar-refractivity contribution >= 4 is 33.2 Å². The normalized spacial score (nSPS) is 12.9. The van der Waals surface area contributed by atoms with Crippen molar-refractivity contribution in [2.45, 2.75) is 20.8 Å². The van der Waals surface area contributed by atoms with Crippen molar-refractivity contribution in [3.05, 3.63) is 20.8 Å². The number of carbonyl (C=O) groups excluding carboxylic acids is 1. The van der Waals surface area contributed by atoms with E-state index in [-0.39, 0.29) is 5.91 Å². The molecule has 0 fully saturated rings. The maximum atomic E-state index is 11.7. The molecule has 1 atom stereocenters. The SMILES string of the molecule is CC(C)C(C)CNC(=O)c1csc(Br)c1. The van der Waals surface area contributed by atoms with Gasteiger partial charge < -0.3 is 5.32 Å². The Balaban J connectivity index is 2.43. The Bertz CT molecular complexity index is 335. The molecule has 84 valence electrons. The van der Waals surface area contributed by atoms with E-state index in [9.17, 15) is 4.79 Å². The Kier molecular flexibility index (Phi) is 4.80. The molecule has 0 spiro atoms. The molecular weight excluding hydrogens is 274 g/mol. The second-order valence-electron chi connectivity index (χ2n) is 4.07. The van der Waals surface area contributed by atoms with Gasteiger partial charge in [0, 0.05) is 11.9 Å². The molecule has 0 aliphatic rings. The topological polar surface area (TPSA) is 29.1 Å².